The van der Waals surface area contributed by atoms with E-state index in [1.165, 1.54) is 32.1 Å². The summed E-state index contributed by atoms with van der Waals surface area (Å²) in [6.07, 6.45) is 9.68. The Hall–Kier alpha value is -0.970. The van der Waals surface area contributed by atoms with Crippen LogP contribution in [0.4, 0.5) is 11.6 Å². The van der Waals surface area contributed by atoms with Crippen LogP contribution >= 0.6 is 11.8 Å². The van der Waals surface area contributed by atoms with Gasteiger partial charge in [0.15, 0.2) is 0 Å². The maximum absolute atomic E-state index is 5.81. The van der Waals surface area contributed by atoms with E-state index in [4.69, 9.17) is 5.73 Å². The lowest BCUT2D eigenvalue weighted by Gasteiger charge is -2.36. The van der Waals surface area contributed by atoms with E-state index in [-0.39, 0.29) is 0 Å². The first-order chi connectivity index (χ1) is 9.17. The zero-order valence-corrected chi connectivity index (χ0v) is 12.7. The van der Waals surface area contributed by atoms with E-state index in [0.29, 0.717) is 10.6 Å². The highest BCUT2D eigenvalue weighted by Crippen LogP contribution is 2.38. The lowest BCUT2D eigenvalue weighted by atomic mass is 9.88. The summed E-state index contributed by atoms with van der Waals surface area (Å²) >= 11 is 1.99. The third-order valence-corrected chi connectivity index (χ3v) is 5.32. The molecule has 0 saturated heterocycles. The molecule has 1 heterocycles. The van der Waals surface area contributed by atoms with E-state index in [1.807, 2.05) is 24.8 Å². The summed E-state index contributed by atoms with van der Waals surface area (Å²) in [5, 5.41) is 3.47. The highest BCUT2D eigenvalue weighted by atomic mass is 32.2. The highest BCUT2D eigenvalue weighted by molar-refractivity contribution is 8.00. The summed E-state index contributed by atoms with van der Waals surface area (Å²) in [6, 6.07) is 1.83. The normalized spacial score (nSPS) is 18.2. The molecule has 106 valence electrons. The minimum Gasteiger partial charge on any atom is -0.384 e. The molecule has 1 aliphatic rings. The molecule has 2 rings (SSSR count). The number of nitrogen functional groups attached to an aromatic ring is 1. The van der Waals surface area contributed by atoms with Gasteiger partial charge >= 0.3 is 0 Å². The zero-order chi connectivity index (χ0) is 13.7. The Labute approximate surface area is 120 Å². The molecule has 1 aliphatic carbocycles. The SMILES string of the molecule is CCc1nc(N)cc(NCC2(SC)CCCCC2)n1. The number of rotatable bonds is 5. The molecular weight excluding hydrogens is 256 g/mol. The number of thioether (sulfide) groups is 1. The van der Waals surface area contributed by atoms with Crippen molar-refractivity contribution >= 4 is 23.4 Å². The van der Waals surface area contributed by atoms with Crippen molar-refractivity contribution in [1.82, 2.24) is 9.97 Å². The number of hydrogen-bond acceptors (Lipinski definition) is 5. The molecule has 0 unspecified atom stereocenters. The van der Waals surface area contributed by atoms with Crippen LogP contribution < -0.4 is 11.1 Å². The van der Waals surface area contributed by atoms with Gasteiger partial charge in [-0.15, -0.1) is 0 Å². The molecule has 1 saturated carbocycles. The zero-order valence-electron chi connectivity index (χ0n) is 11.9. The lowest BCUT2D eigenvalue weighted by Crippen LogP contribution is -2.35. The number of aryl methyl sites for hydroxylation is 1. The van der Waals surface area contributed by atoms with Gasteiger partial charge in [0.25, 0.3) is 0 Å². The minimum absolute atomic E-state index is 0.365. The number of nitrogens with zero attached hydrogens (tertiary/aromatic N) is 2. The molecule has 0 aromatic carbocycles. The molecule has 0 amide bonds. The van der Waals surface area contributed by atoms with E-state index in [2.05, 4.69) is 21.5 Å². The van der Waals surface area contributed by atoms with Gasteiger partial charge < -0.3 is 11.1 Å². The predicted molar refractivity (Wildman–Crippen MR) is 83.6 cm³/mol. The van der Waals surface area contributed by atoms with E-state index in [1.54, 1.807) is 0 Å². The van der Waals surface area contributed by atoms with Crippen molar-refractivity contribution in [1.29, 1.82) is 0 Å². The van der Waals surface area contributed by atoms with Gasteiger partial charge in [0.05, 0.1) is 0 Å². The number of nitrogens with one attached hydrogen (secondary N) is 1. The number of anilines is 2. The third kappa shape index (κ3) is 3.75. The summed E-state index contributed by atoms with van der Waals surface area (Å²) in [5.74, 6) is 2.23. The van der Waals surface area contributed by atoms with Crippen molar-refractivity contribution in [2.45, 2.75) is 50.2 Å². The van der Waals surface area contributed by atoms with Crippen LogP contribution in [0, 0.1) is 0 Å². The van der Waals surface area contributed by atoms with Crippen molar-refractivity contribution in [3.63, 3.8) is 0 Å². The Morgan fingerprint density at radius 1 is 1.32 bits per heavy atom. The quantitative estimate of drug-likeness (QED) is 0.867. The van der Waals surface area contributed by atoms with Gasteiger partial charge in [-0.05, 0) is 19.1 Å². The standard InChI is InChI=1S/C14H24N4S/c1-3-12-17-11(15)9-13(18-12)16-10-14(19-2)7-5-4-6-8-14/h9H,3-8,10H2,1-2H3,(H3,15,16,17,18). The highest BCUT2D eigenvalue weighted by Gasteiger charge is 2.30. The van der Waals surface area contributed by atoms with Crippen LogP contribution in [-0.2, 0) is 6.42 Å². The Kier molecular flexibility index (Phi) is 4.91. The smallest absolute Gasteiger partial charge is 0.132 e. The molecule has 1 aromatic rings. The minimum atomic E-state index is 0.365. The second-order valence-electron chi connectivity index (χ2n) is 5.25. The van der Waals surface area contributed by atoms with Crippen LogP contribution in [0.5, 0.6) is 0 Å². The van der Waals surface area contributed by atoms with E-state index in [0.717, 1.165) is 24.6 Å². The van der Waals surface area contributed by atoms with Gasteiger partial charge in [-0.2, -0.15) is 11.8 Å². The Bertz CT molecular complexity index is 416. The maximum atomic E-state index is 5.81. The molecule has 0 radical (unpaired) electrons. The number of aromatic nitrogens is 2. The molecule has 0 atom stereocenters. The average Bonchev–Trinajstić information content (AvgIpc) is 2.45. The molecule has 3 N–H and O–H groups in total. The Morgan fingerprint density at radius 2 is 2.05 bits per heavy atom. The van der Waals surface area contributed by atoms with Crippen molar-refractivity contribution < 1.29 is 0 Å². The van der Waals surface area contributed by atoms with Crippen molar-refractivity contribution in [3.05, 3.63) is 11.9 Å². The van der Waals surface area contributed by atoms with E-state index in [9.17, 15) is 0 Å². The second-order valence-corrected chi connectivity index (χ2v) is 6.52. The second kappa shape index (κ2) is 6.46. The van der Waals surface area contributed by atoms with Gasteiger partial charge in [-0.1, -0.05) is 26.2 Å². The van der Waals surface area contributed by atoms with Crippen molar-refractivity contribution in [3.8, 4) is 0 Å². The molecule has 0 bridgehead atoms. The van der Waals surface area contributed by atoms with Crippen molar-refractivity contribution in [2.75, 3.05) is 23.9 Å². The number of nitrogens with two attached hydrogens (primary N) is 1. The van der Waals surface area contributed by atoms with Crippen LogP contribution in [0.25, 0.3) is 0 Å². The first kappa shape index (κ1) is 14.4. The van der Waals surface area contributed by atoms with Crippen LogP contribution in [-0.4, -0.2) is 27.5 Å². The molecule has 19 heavy (non-hydrogen) atoms. The molecular formula is C14H24N4S. The summed E-state index contributed by atoms with van der Waals surface area (Å²) in [4.78, 5) is 8.70. The molecule has 0 spiro atoms. The monoisotopic (exact) mass is 280 g/mol. The predicted octanol–water partition coefficient (Wildman–Crippen LogP) is 3.10. The maximum Gasteiger partial charge on any atom is 0.132 e. The Balaban J connectivity index is 2.02. The summed E-state index contributed by atoms with van der Waals surface area (Å²) in [6.45, 7) is 3.01. The first-order valence-corrected chi connectivity index (χ1v) is 8.32. The third-order valence-electron chi connectivity index (χ3n) is 3.90. The van der Waals surface area contributed by atoms with Crippen LogP contribution in [0.1, 0.15) is 44.9 Å². The summed E-state index contributed by atoms with van der Waals surface area (Å²) in [7, 11) is 0. The average molecular weight is 280 g/mol. The van der Waals surface area contributed by atoms with Crippen LogP contribution in [0.15, 0.2) is 6.07 Å². The summed E-state index contributed by atoms with van der Waals surface area (Å²) < 4.78 is 0.365. The van der Waals surface area contributed by atoms with Crippen molar-refractivity contribution in [2.24, 2.45) is 0 Å². The molecule has 1 aromatic heterocycles. The van der Waals surface area contributed by atoms with Gasteiger partial charge in [0.2, 0.25) is 0 Å². The van der Waals surface area contributed by atoms with Crippen LogP contribution in [0.2, 0.25) is 0 Å². The molecule has 0 aliphatic heterocycles. The molecule has 5 heteroatoms. The lowest BCUT2D eigenvalue weighted by molar-refractivity contribution is 0.411. The van der Waals surface area contributed by atoms with Gasteiger partial charge in [0, 0.05) is 23.8 Å². The molecule has 1 fully saturated rings. The fourth-order valence-electron chi connectivity index (χ4n) is 2.67. The first-order valence-electron chi connectivity index (χ1n) is 7.10. The molecule has 4 nitrogen and oxygen atoms in total. The largest absolute Gasteiger partial charge is 0.384 e. The Morgan fingerprint density at radius 3 is 2.68 bits per heavy atom. The van der Waals surface area contributed by atoms with E-state index < -0.39 is 0 Å². The van der Waals surface area contributed by atoms with E-state index >= 15 is 0 Å². The van der Waals surface area contributed by atoms with Gasteiger partial charge in [0.1, 0.15) is 17.5 Å². The number of hydrogen-bond donors (Lipinski definition) is 2. The topological polar surface area (TPSA) is 63.8 Å². The summed E-state index contributed by atoms with van der Waals surface area (Å²) in [5.41, 5.74) is 5.81. The van der Waals surface area contributed by atoms with Gasteiger partial charge in [-0.25, -0.2) is 9.97 Å². The van der Waals surface area contributed by atoms with Gasteiger partial charge in [-0.3, -0.25) is 0 Å². The fourth-order valence-corrected chi connectivity index (χ4v) is 3.58. The van der Waals surface area contributed by atoms with Crippen LogP contribution in [0.3, 0.4) is 0 Å². The fraction of sp³-hybridized carbons (Fsp3) is 0.714.